The molecule has 0 spiro atoms. The topological polar surface area (TPSA) is 84.5 Å². The number of hydrogen-bond acceptors (Lipinski definition) is 4. The lowest BCUT2D eigenvalue weighted by atomic mass is 9.98. The lowest BCUT2D eigenvalue weighted by Gasteiger charge is -2.21. The van der Waals surface area contributed by atoms with Crippen molar-refractivity contribution < 1.29 is 22.4 Å². The van der Waals surface area contributed by atoms with Gasteiger partial charge in [0, 0.05) is 0 Å². The fraction of sp³-hybridized carbons (Fsp3) is 0.500. The number of amides is 1. The molecule has 0 aliphatic heterocycles. The van der Waals surface area contributed by atoms with Crippen molar-refractivity contribution in [1.82, 2.24) is 5.48 Å². The van der Waals surface area contributed by atoms with Crippen LogP contribution in [-0.2, 0) is 14.9 Å². The lowest BCUT2D eigenvalue weighted by molar-refractivity contribution is -0.0312. The van der Waals surface area contributed by atoms with Gasteiger partial charge in [-0.05, 0) is 31.0 Å². The zero-order chi connectivity index (χ0) is 16.2. The number of hydroxylamine groups is 1. The molecule has 1 fully saturated rings. The van der Waals surface area contributed by atoms with E-state index >= 15 is 0 Å². The van der Waals surface area contributed by atoms with Crippen LogP contribution in [0.1, 0.15) is 42.5 Å². The summed E-state index contributed by atoms with van der Waals surface area (Å²) in [4.78, 5) is 17.4. The molecule has 0 saturated heterocycles. The summed E-state index contributed by atoms with van der Waals surface area (Å²) >= 11 is 0. The Labute approximate surface area is 129 Å². The van der Waals surface area contributed by atoms with Gasteiger partial charge in [-0.3, -0.25) is 14.4 Å². The van der Waals surface area contributed by atoms with Crippen LogP contribution in [0.15, 0.2) is 18.2 Å². The molecule has 2 N–H and O–H groups in total. The monoisotopic (exact) mass is 330 g/mol. The van der Waals surface area contributed by atoms with Crippen LogP contribution < -0.4 is 10.2 Å². The van der Waals surface area contributed by atoms with Crippen molar-refractivity contribution in [3.63, 3.8) is 0 Å². The van der Waals surface area contributed by atoms with E-state index in [-0.39, 0.29) is 17.4 Å². The van der Waals surface area contributed by atoms with E-state index in [9.17, 15) is 17.6 Å². The standard InChI is InChI=1S/C14H19FN2O4S/c1-22(19,20)17-13-8-7-10(15)9-12(13)14(18)16-21-11-5-3-2-4-6-11/h7-9,11,17H,2-6H2,1H3,(H,16,18). The van der Waals surface area contributed by atoms with Gasteiger partial charge in [-0.25, -0.2) is 18.3 Å². The molecule has 122 valence electrons. The summed E-state index contributed by atoms with van der Waals surface area (Å²) in [7, 11) is -3.57. The van der Waals surface area contributed by atoms with Crippen LogP contribution in [0.25, 0.3) is 0 Å². The summed E-state index contributed by atoms with van der Waals surface area (Å²) < 4.78 is 38.1. The van der Waals surface area contributed by atoms with Crippen LogP contribution in [-0.4, -0.2) is 26.7 Å². The van der Waals surface area contributed by atoms with Gasteiger partial charge in [-0.1, -0.05) is 19.3 Å². The predicted molar refractivity (Wildman–Crippen MR) is 80.3 cm³/mol. The maximum Gasteiger partial charge on any atom is 0.277 e. The highest BCUT2D eigenvalue weighted by molar-refractivity contribution is 7.92. The van der Waals surface area contributed by atoms with E-state index in [1.807, 2.05) is 0 Å². The molecule has 1 saturated carbocycles. The zero-order valence-electron chi connectivity index (χ0n) is 12.3. The Hall–Kier alpha value is -1.67. The van der Waals surface area contributed by atoms with E-state index in [0.717, 1.165) is 50.5 Å². The molecule has 1 aromatic rings. The van der Waals surface area contributed by atoms with Crippen molar-refractivity contribution in [2.75, 3.05) is 11.0 Å². The third-order valence-corrected chi connectivity index (χ3v) is 3.98. The SMILES string of the molecule is CS(=O)(=O)Nc1ccc(F)cc1C(=O)NOC1CCCCC1. The molecule has 0 unspecified atom stereocenters. The van der Waals surface area contributed by atoms with Crippen molar-refractivity contribution in [2.24, 2.45) is 0 Å². The van der Waals surface area contributed by atoms with Crippen LogP contribution in [0.3, 0.4) is 0 Å². The Morgan fingerprint density at radius 1 is 1.27 bits per heavy atom. The molecule has 6 nitrogen and oxygen atoms in total. The van der Waals surface area contributed by atoms with Gasteiger partial charge in [0.2, 0.25) is 10.0 Å². The number of carbonyl (C=O) groups is 1. The Bertz CT molecular complexity index is 642. The molecule has 1 aromatic carbocycles. The molecule has 8 heteroatoms. The second-order valence-corrected chi connectivity index (χ2v) is 7.12. The molecule has 1 aliphatic carbocycles. The molecule has 1 aliphatic rings. The fourth-order valence-electron chi connectivity index (χ4n) is 2.37. The van der Waals surface area contributed by atoms with E-state index < -0.39 is 21.7 Å². The highest BCUT2D eigenvalue weighted by Gasteiger charge is 2.19. The third-order valence-electron chi connectivity index (χ3n) is 3.39. The van der Waals surface area contributed by atoms with E-state index in [2.05, 4.69) is 10.2 Å². The van der Waals surface area contributed by atoms with E-state index in [0.29, 0.717) is 0 Å². The number of carbonyl (C=O) groups excluding carboxylic acids is 1. The number of halogens is 1. The molecule has 1 amide bonds. The Morgan fingerprint density at radius 2 is 1.95 bits per heavy atom. The van der Waals surface area contributed by atoms with Crippen LogP contribution in [0, 0.1) is 5.82 Å². The first-order valence-electron chi connectivity index (χ1n) is 7.08. The zero-order valence-corrected chi connectivity index (χ0v) is 13.1. The van der Waals surface area contributed by atoms with Gasteiger partial charge >= 0.3 is 0 Å². The molecular weight excluding hydrogens is 311 g/mol. The quantitative estimate of drug-likeness (QED) is 0.811. The van der Waals surface area contributed by atoms with Crippen molar-refractivity contribution in [3.05, 3.63) is 29.6 Å². The van der Waals surface area contributed by atoms with Crippen LogP contribution in [0.2, 0.25) is 0 Å². The summed E-state index contributed by atoms with van der Waals surface area (Å²) in [6.07, 6.45) is 5.85. The summed E-state index contributed by atoms with van der Waals surface area (Å²) in [5, 5.41) is 0. The summed E-state index contributed by atoms with van der Waals surface area (Å²) in [5.41, 5.74) is 2.17. The first-order chi connectivity index (χ1) is 10.3. The van der Waals surface area contributed by atoms with E-state index in [1.54, 1.807) is 0 Å². The second kappa shape index (κ2) is 7.06. The maximum atomic E-state index is 13.3. The minimum Gasteiger partial charge on any atom is -0.283 e. The van der Waals surface area contributed by atoms with Crippen LogP contribution in [0.5, 0.6) is 0 Å². The third kappa shape index (κ3) is 4.96. The average Bonchev–Trinajstić information content (AvgIpc) is 2.46. The highest BCUT2D eigenvalue weighted by atomic mass is 32.2. The summed E-state index contributed by atoms with van der Waals surface area (Å²) in [6.45, 7) is 0. The number of rotatable bonds is 5. The van der Waals surface area contributed by atoms with Gasteiger partial charge in [0.15, 0.2) is 0 Å². The van der Waals surface area contributed by atoms with Gasteiger partial charge in [-0.2, -0.15) is 0 Å². The summed E-state index contributed by atoms with van der Waals surface area (Å²) in [5.74, 6) is -1.32. The minimum absolute atomic E-state index is 0.00800. The molecule has 22 heavy (non-hydrogen) atoms. The minimum atomic E-state index is -3.57. The largest absolute Gasteiger partial charge is 0.283 e. The molecule has 2 rings (SSSR count). The molecule has 0 radical (unpaired) electrons. The number of hydrogen-bond donors (Lipinski definition) is 2. The van der Waals surface area contributed by atoms with Gasteiger partial charge in [-0.15, -0.1) is 0 Å². The number of sulfonamides is 1. The van der Waals surface area contributed by atoms with Crippen molar-refractivity contribution >= 4 is 21.6 Å². The summed E-state index contributed by atoms with van der Waals surface area (Å²) in [6, 6.07) is 3.24. The molecule has 0 aromatic heterocycles. The van der Waals surface area contributed by atoms with Crippen molar-refractivity contribution in [2.45, 2.75) is 38.2 Å². The second-order valence-electron chi connectivity index (χ2n) is 5.37. The van der Waals surface area contributed by atoms with Crippen LogP contribution in [0.4, 0.5) is 10.1 Å². The fourth-order valence-corrected chi connectivity index (χ4v) is 2.95. The van der Waals surface area contributed by atoms with Gasteiger partial charge < -0.3 is 0 Å². The lowest BCUT2D eigenvalue weighted by Crippen LogP contribution is -2.31. The Morgan fingerprint density at radius 3 is 2.59 bits per heavy atom. The van der Waals surface area contributed by atoms with Crippen molar-refractivity contribution in [1.29, 1.82) is 0 Å². The first-order valence-corrected chi connectivity index (χ1v) is 8.97. The van der Waals surface area contributed by atoms with Crippen LogP contribution >= 0.6 is 0 Å². The number of benzene rings is 1. The van der Waals surface area contributed by atoms with Crippen molar-refractivity contribution in [3.8, 4) is 0 Å². The van der Waals surface area contributed by atoms with Gasteiger partial charge in [0.05, 0.1) is 23.6 Å². The highest BCUT2D eigenvalue weighted by Crippen LogP contribution is 2.21. The normalized spacial score (nSPS) is 16.3. The average molecular weight is 330 g/mol. The smallest absolute Gasteiger partial charge is 0.277 e. The number of nitrogens with one attached hydrogen (secondary N) is 2. The van der Waals surface area contributed by atoms with E-state index in [1.165, 1.54) is 6.07 Å². The molecule has 0 heterocycles. The Balaban J connectivity index is 2.08. The number of anilines is 1. The predicted octanol–water partition coefficient (Wildman–Crippen LogP) is 2.19. The Kier molecular flexibility index (Phi) is 5.36. The molecule has 0 bridgehead atoms. The molecule has 0 atom stereocenters. The van der Waals surface area contributed by atoms with E-state index in [4.69, 9.17) is 4.84 Å². The maximum absolute atomic E-state index is 13.3. The molecular formula is C14H19FN2O4S. The van der Waals surface area contributed by atoms with Gasteiger partial charge in [0.1, 0.15) is 5.82 Å². The van der Waals surface area contributed by atoms with Gasteiger partial charge in [0.25, 0.3) is 5.91 Å². The first kappa shape index (κ1) is 16.7.